The first-order valence-electron chi connectivity index (χ1n) is 6.51. The van der Waals surface area contributed by atoms with Gasteiger partial charge in [0, 0.05) is 48.6 Å². The van der Waals surface area contributed by atoms with Gasteiger partial charge in [0.15, 0.2) is 0 Å². The molecular weight excluding hydrogens is 318 g/mol. The second kappa shape index (κ2) is 7.26. The third-order valence-corrected chi connectivity index (χ3v) is 3.52. The number of hydrogen-bond donors (Lipinski definition) is 2. The molecule has 0 aliphatic carbocycles. The molecule has 1 heterocycles. The van der Waals surface area contributed by atoms with Crippen molar-refractivity contribution in [2.24, 2.45) is 7.05 Å². The summed E-state index contributed by atoms with van der Waals surface area (Å²) >= 11 is 3.36. The van der Waals surface area contributed by atoms with Crippen LogP contribution in [-0.2, 0) is 13.6 Å². The lowest BCUT2D eigenvalue weighted by atomic mass is 10.2. The summed E-state index contributed by atoms with van der Waals surface area (Å²) in [7, 11) is 2.02. The third kappa shape index (κ3) is 4.21. The Balaban J connectivity index is 1.68. The Kier molecular flexibility index (Phi) is 5.38. The molecule has 0 atom stereocenters. The molecule has 0 aliphatic rings. The van der Waals surface area contributed by atoms with Crippen LogP contribution in [-0.4, -0.2) is 23.6 Å². The van der Waals surface area contributed by atoms with Gasteiger partial charge in [-0.05, 0) is 30.3 Å². The highest BCUT2D eigenvalue weighted by Crippen LogP contribution is 2.11. The van der Waals surface area contributed by atoms with E-state index in [2.05, 4.69) is 37.2 Å². The summed E-state index contributed by atoms with van der Waals surface area (Å²) < 4.78 is 2.99. The van der Waals surface area contributed by atoms with Crippen LogP contribution in [0.4, 0.5) is 0 Å². The number of carbonyl (C=O) groups is 1. The SMILES string of the molecule is Cn1cccc1CNCCNC(=O)c1cccc(Br)c1. The smallest absolute Gasteiger partial charge is 0.251 e. The second-order valence-corrected chi connectivity index (χ2v) is 5.47. The van der Waals surface area contributed by atoms with Gasteiger partial charge in [0.25, 0.3) is 5.91 Å². The quantitative estimate of drug-likeness (QED) is 0.796. The number of rotatable bonds is 6. The predicted molar refractivity (Wildman–Crippen MR) is 83.6 cm³/mol. The van der Waals surface area contributed by atoms with Crippen molar-refractivity contribution in [3.63, 3.8) is 0 Å². The molecule has 0 bridgehead atoms. The molecule has 0 saturated carbocycles. The number of benzene rings is 1. The number of aryl methyl sites for hydroxylation is 1. The Morgan fingerprint density at radius 3 is 2.80 bits per heavy atom. The number of amides is 1. The van der Waals surface area contributed by atoms with Crippen molar-refractivity contribution >= 4 is 21.8 Å². The van der Waals surface area contributed by atoms with Crippen LogP contribution in [0.3, 0.4) is 0 Å². The van der Waals surface area contributed by atoms with Crippen LogP contribution in [0.25, 0.3) is 0 Å². The van der Waals surface area contributed by atoms with Gasteiger partial charge in [0.2, 0.25) is 0 Å². The maximum Gasteiger partial charge on any atom is 0.251 e. The van der Waals surface area contributed by atoms with Gasteiger partial charge in [-0.2, -0.15) is 0 Å². The maximum atomic E-state index is 11.9. The minimum absolute atomic E-state index is 0.0491. The van der Waals surface area contributed by atoms with Gasteiger partial charge in [-0.25, -0.2) is 0 Å². The Morgan fingerprint density at radius 2 is 2.10 bits per heavy atom. The Bertz CT molecular complexity index is 580. The van der Waals surface area contributed by atoms with E-state index in [9.17, 15) is 4.79 Å². The Morgan fingerprint density at radius 1 is 1.25 bits per heavy atom. The minimum Gasteiger partial charge on any atom is -0.353 e. The summed E-state index contributed by atoms with van der Waals surface area (Å²) in [4.78, 5) is 11.9. The van der Waals surface area contributed by atoms with Gasteiger partial charge >= 0.3 is 0 Å². The van der Waals surface area contributed by atoms with Crippen molar-refractivity contribution in [1.29, 1.82) is 0 Å². The van der Waals surface area contributed by atoms with E-state index >= 15 is 0 Å². The van der Waals surface area contributed by atoms with E-state index in [4.69, 9.17) is 0 Å². The molecule has 1 amide bonds. The lowest BCUT2D eigenvalue weighted by Crippen LogP contribution is -2.31. The largest absolute Gasteiger partial charge is 0.353 e. The first-order valence-corrected chi connectivity index (χ1v) is 7.31. The Hall–Kier alpha value is -1.59. The predicted octanol–water partition coefficient (Wildman–Crippen LogP) is 2.31. The van der Waals surface area contributed by atoms with Crippen molar-refractivity contribution in [3.05, 3.63) is 58.3 Å². The van der Waals surface area contributed by atoms with E-state index in [0.717, 1.165) is 17.6 Å². The van der Waals surface area contributed by atoms with Gasteiger partial charge in [-0.3, -0.25) is 4.79 Å². The zero-order valence-corrected chi connectivity index (χ0v) is 13.0. The van der Waals surface area contributed by atoms with E-state index in [1.807, 2.05) is 37.5 Å². The normalized spacial score (nSPS) is 10.5. The zero-order valence-electron chi connectivity index (χ0n) is 11.4. The van der Waals surface area contributed by atoms with Crippen LogP contribution in [0.5, 0.6) is 0 Å². The van der Waals surface area contributed by atoms with Crippen molar-refractivity contribution < 1.29 is 4.79 Å². The topological polar surface area (TPSA) is 46.1 Å². The molecule has 4 nitrogen and oxygen atoms in total. The average Bonchev–Trinajstić information content (AvgIpc) is 2.84. The summed E-state index contributed by atoms with van der Waals surface area (Å²) in [5, 5.41) is 6.19. The molecule has 0 fully saturated rings. The number of hydrogen-bond acceptors (Lipinski definition) is 2. The number of nitrogens with zero attached hydrogens (tertiary/aromatic N) is 1. The fourth-order valence-corrected chi connectivity index (χ4v) is 2.29. The third-order valence-electron chi connectivity index (χ3n) is 3.03. The number of aromatic nitrogens is 1. The molecule has 0 unspecified atom stereocenters. The van der Waals surface area contributed by atoms with E-state index in [0.29, 0.717) is 12.1 Å². The minimum atomic E-state index is -0.0491. The summed E-state index contributed by atoms with van der Waals surface area (Å²) in [5.41, 5.74) is 1.89. The summed E-state index contributed by atoms with van der Waals surface area (Å²) in [6, 6.07) is 11.5. The summed E-state index contributed by atoms with van der Waals surface area (Å²) in [6.07, 6.45) is 2.02. The lowest BCUT2D eigenvalue weighted by molar-refractivity contribution is 0.0954. The molecule has 106 valence electrons. The van der Waals surface area contributed by atoms with Crippen molar-refractivity contribution in [2.75, 3.05) is 13.1 Å². The first kappa shape index (κ1) is 14.8. The van der Waals surface area contributed by atoms with Crippen molar-refractivity contribution in [2.45, 2.75) is 6.54 Å². The molecule has 0 spiro atoms. The highest BCUT2D eigenvalue weighted by Gasteiger charge is 2.04. The van der Waals surface area contributed by atoms with Crippen molar-refractivity contribution in [3.8, 4) is 0 Å². The number of halogens is 1. The highest BCUT2D eigenvalue weighted by molar-refractivity contribution is 9.10. The van der Waals surface area contributed by atoms with E-state index in [-0.39, 0.29) is 5.91 Å². The Labute approximate surface area is 127 Å². The molecule has 0 radical (unpaired) electrons. The molecular formula is C15H18BrN3O. The van der Waals surface area contributed by atoms with Crippen molar-refractivity contribution in [1.82, 2.24) is 15.2 Å². The lowest BCUT2D eigenvalue weighted by Gasteiger charge is -2.08. The first-order chi connectivity index (χ1) is 9.66. The summed E-state index contributed by atoms with van der Waals surface area (Å²) in [5.74, 6) is -0.0491. The van der Waals surface area contributed by atoms with Crippen LogP contribution in [0.15, 0.2) is 47.1 Å². The molecule has 1 aromatic heterocycles. The zero-order chi connectivity index (χ0) is 14.4. The molecule has 2 N–H and O–H groups in total. The van der Waals surface area contributed by atoms with Gasteiger partial charge in [-0.15, -0.1) is 0 Å². The van der Waals surface area contributed by atoms with Gasteiger partial charge in [-0.1, -0.05) is 22.0 Å². The monoisotopic (exact) mass is 335 g/mol. The van der Waals surface area contributed by atoms with E-state index < -0.39 is 0 Å². The molecule has 5 heteroatoms. The van der Waals surface area contributed by atoms with Crippen LogP contribution in [0.2, 0.25) is 0 Å². The highest BCUT2D eigenvalue weighted by atomic mass is 79.9. The molecule has 2 aromatic rings. The standard InChI is InChI=1S/C15H18BrN3O/c1-19-9-3-6-14(19)11-17-7-8-18-15(20)12-4-2-5-13(16)10-12/h2-6,9-10,17H,7-8,11H2,1H3,(H,18,20). The fraction of sp³-hybridized carbons (Fsp3) is 0.267. The van der Waals surface area contributed by atoms with Crippen LogP contribution < -0.4 is 10.6 Å². The van der Waals surface area contributed by atoms with E-state index in [1.54, 1.807) is 6.07 Å². The maximum absolute atomic E-state index is 11.9. The molecule has 1 aromatic carbocycles. The van der Waals surface area contributed by atoms with Gasteiger partial charge < -0.3 is 15.2 Å². The second-order valence-electron chi connectivity index (χ2n) is 4.55. The molecule has 2 rings (SSSR count). The molecule has 0 saturated heterocycles. The fourth-order valence-electron chi connectivity index (χ4n) is 1.89. The van der Waals surface area contributed by atoms with E-state index in [1.165, 1.54) is 5.69 Å². The molecule has 0 aliphatic heterocycles. The van der Waals surface area contributed by atoms with Crippen LogP contribution in [0.1, 0.15) is 16.1 Å². The van der Waals surface area contributed by atoms with Gasteiger partial charge in [0.05, 0.1) is 0 Å². The van der Waals surface area contributed by atoms with Gasteiger partial charge in [0.1, 0.15) is 0 Å². The number of nitrogens with one attached hydrogen (secondary N) is 2. The van der Waals surface area contributed by atoms with Crippen LogP contribution in [0, 0.1) is 0 Å². The van der Waals surface area contributed by atoms with Crippen LogP contribution >= 0.6 is 15.9 Å². The average molecular weight is 336 g/mol. The molecule has 20 heavy (non-hydrogen) atoms. The summed E-state index contributed by atoms with van der Waals surface area (Å²) in [6.45, 7) is 2.15. The number of carbonyl (C=O) groups excluding carboxylic acids is 1.